The number of nitrogens with one attached hydrogen (secondary N) is 1. The van der Waals surface area contributed by atoms with E-state index in [1.165, 1.54) is 39.9 Å². The van der Waals surface area contributed by atoms with Crippen LogP contribution in [0.2, 0.25) is 0 Å². The van der Waals surface area contributed by atoms with Gasteiger partial charge in [-0.15, -0.1) is 0 Å². The molecule has 0 saturated carbocycles. The fourth-order valence-corrected chi connectivity index (χ4v) is 3.58. The number of para-hydroxylation sites is 1. The number of aromatic nitrogens is 1. The van der Waals surface area contributed by atoms with Crippen molar-refractivity contribution in [2.24, 2.45) is 0 Å². The van der Waals surface area contributed by atoms with Crippen molar-refractivity contribution >= 4 is 11.8 Å². The summed E-state index contributed by atoms with van der Waals surface area (Å²) in [6.45, 7) is 1.25. The number of amides is 2. The molecule has 1 aromatic heterocycles. The lowest BCUT2D eigenvalue weighted by atomic mass is 10.1. The third kappa shape index (κ3) is 4.87. The molecule has 8 nitrogen and oxygen atoms in total. The summed E-state index contributed by atoms with van der Waals surface area (Å²) in [7, 11) is 0. The van der Waals surface area contributed by atoms with E-state index in [1.807, 2.05) is 18.2 Å². The number of benzene rings is 2. The number of ether oxygens (including phenoxy) is 1. The third-order valence-corrected chi connectivity index (χ3v) is 5.34. The average molecular weight is 451 g/mol. The van der Waals surface area contributed by atoms with E-state index in [0.717, 1.165) is 0 Å². The molecular formula is C24H22FN3O5. The molecule has 2 N–H and O–H groups in total. The molecule has 4 rings (SSSR count). The molecule has 1 aliphatic heterocycles. The molecular weight excluding hydrogens is 429 g/mol. The van der Waals surface area contributed by atoms with Crippen LogP contribution < -0.4 is 15.5 Å². The zero-order valence-electron chi connectivity index (χ0n) is 17.7. The van der Waals surface area contributed by atoms with Crippen molar-refractivity contribution in [3.63, 3.8) is 0 Å². The van der Waals surface area contributed by atoms with Crippen LogP contribution in [0.4, 0.5) is 4.39 Å². The molecule has 0 radical (unpaired) electrons. The average Bonchev–Trinajstić information content (AvgIpc) is 2.82. The van der Waals surface area contributed by atoms with Gasteiger partial charge in [-0.3, -0.25) is 14.4 Å². The van der Waals surface area contributed by atoms with Crippen LogP contribution in [0.1, 0.15) is 26.4 Å². The van der Waals surface area contributed by atoms with E-state index in [9.17, 15) is 23.9 Å². The second-order valence-corrected chi connectivity index (χ2v) is 7.53. The number of aromatic hydroxyl groups is 1. The zero-order valence-corrected chi connectivity index (χ0v) is 17.7. The van der Waals surface area contributed by atoms with Crippen LogP contribution in [0.5, 0.6) is 11.5 Å². The Bertz CT molecular complexity index is 1230. The van der Waals surface area contributed by atoms with Gasteiger partial charge in [0.1, 0.15) is 23.7 Å². The van der Waals surface area contributed by atoms with Gasteiger partial charge in [0.05, 0.1) is 6.54 Å². The first-order valence-electron chi connectivity index (χ1n) is 10.4. The summed E-state index contributed by atoms with van der Waals surface area (Å²) in [6.07, 6.45) is 1.28. The normalized spacial score (nSPS) is 12.9. The number of fused-ring (bicyclic) bond motifs is 1. The quantitative estimate of drug-likeness (QED) is 0.573. The van der Waals surface area contributed by atoms with Gasteiger partial charge in [-0.25, -0.2) is 4.39 Å². The molecule has 1 aliphatic rings. The minimum Gasteiger partial charge on any atom is -0.503 e. The molecule has 2 heterocycles. The molecule has 2 amide bonds. The van der Waals surface area contributed by atoms with Crippen LogP contribution in [-0.2, 0) is 13.1 Å². The summed E-state index contributed by atoms with van der Waals surface area (Å²) >= 11 is 0. The highest BCUT2D eigenvalue weighted by Gasteiger charge is 2.30. The number of hydrogen-bond acceptors (Lipinski definition) is 5. The van der Waals surface area contributed by atoms with E-state index < -0.39 is 28.8 Å². The maximum absolute atomic E-state index is 13.0. The predicted octanol–water partition coefficient (Wildman–Crippen LogP) is 2.16. The van der Waals surface area contributed by atoms with E-state index in [1.54, 1.807) is 12.1 Å². The van der Waals surface area contributed by atoms with E-state index in [0.29, 0.717) is 24.4 Å². The predicted molar refractivity (Wildman–Crippen MR) is 118 cm³/mol. The molecule has 0 fully saturated rings. The molecule has 0 saturated heterocycles. The van der Waals surface area contributed by atoms with Crippen molar-refractivity contribution in [1.82, 2.24) is 14.8 Å². The van der Waals surface area contributed by atoms with Gasteiger partial charge in [-0.2, -0.15) is 0 Å². The Balaban J connectivity index is 1.45. The fraction of sp³-hybridized carbons (Fsp3) is 0.208. The van der Waals surface area contributed by atoms with Gasteiger partial charge in [0.25, 0.3) is 11.8 Å². The molecule has 0 bridgehead atoms. The minimum atomic E-state index is -0.923. The SMILES string of the molecule is O=C(NCc1ccc(F)cc1)c1cn2c(c(O)c1=O)C(=O)N(CCOc1ccccc1)CC2. The summed E-state index contributed by atoms with van der Waals surface area (Å²) in [4.78, 5) is 39.5. The topological polar surface area (TPSA) is 101 Å². The molecule has 2 aromatic carbocycles. The number of hydrogen-bond donors (Lipinski definition) is 2. The first-order chi connectivity index (χ1) is 15.9. The van der Waals surface area contributed by atoms with Crippen LogP contribution in [0, 0.1) is 5.82 Å². The monoisotopic (exact) mass is 451 g/mol. The standard InChI is InChI=1S/C24H22FN3O5/c25-17-8-6-16(7-9-17)14-26-23(31)19-15-28-11-10-27(24(32)20(28)22(30)21(19)29)12-13-33-18-4-2-1-3-5-18/h1-9,15,30H,10-14H2,(H,26,31). The Hall–Kier alpha value is -4.14. The smallest absolute Gasteiger partial charge is 0.274 e. The molecule has 170 valence electrons. The first kappa shape index (κ1) is 22.1. The van der Waals surface area contributed by atoms with Gasteiger partial charge in [-0.05, 0) is 29.8 Å². The van der Waals surface area contributed by atoms with E-state index in [2.05, 4.69) is 5.32 Å². The lowest BCUT2D eigenvalue weighted by molar-refractivity contribution is 0.0668. The van der Waals surface area contributed by atoms with Gasteiger partial charge in [-0.1, -0.05) is 30.3 Å². The molecule has 33 heavy (non-hydrogen) atoms. The number of nitrogens with zero attached hydrogens (tertiary/aromatic N) is 2. The van der Waals surface area contributed by atoms with Crippen LogP contribution in [-0.4, -0.2) is 46.1 Å². The minimum absolute atomic E-state index is 0.0786. The fourth-order valence-electron chi connectivity index (χ4n) is 3.58. The maximum atomic E-state index is 13.0. The van der Waals surface area contributed by atoms with Gasteiger partial charge >= 0.3 is 0 Å². The summed E-state index contributed by atoms with van der Waals surface area (Å²) < 4.78 is 20.1. The summed E-state index contributed by atoms with van der Waals surface area (Å²) in [5.41, 5.74) is -0.697. The second kappa shape index (κ2) is 9.56. The van der Waals surface area contributed by atoms with Gasteiger partial charge in [0, 0.05) is 25.8 Å². The van der Waals surface area contributed by atoms with E-state index in [4.69, 9.17) is 4.74 Å². The highest BCUT2D eigenvalue weighted by molar-refractivity contribution is 5.99. The number of halogens is 1. The van der Waals surface area contributed by atoms with Crippen LogP contribution in [0.3, 0.4) is 0 Å². The summed E-state index contributed by atoms with van der Waals surface area (Å²) in [5.74, 6) is -1.68. The zero-order chi connectivity index (χ0) is 23.4. The summed E-state index contributed by atoms with van der Waals surface area (Å²) in [6, 6.07) is 14.7. The van der Waals surface area contributed by atoms with Crippen LogP contribution in [0.25, 0.3) is 0 Å². The lowest BCUT2D eigenvalue weighted by Gasteiger charge is -2.30. The van der Waals surface area contributed by atoms with Crippen LogP contribution >= 0.6 is 0 Å². The van der Waals surface area contributed by atoms with Gasteiger partial charge < -0.3 is 24.6 Å². The maximum Gasteiger partial charge on any atom is 0.274 e. The number of pyridine rings is 1. The van der Waals surface area contributed by atoms with Gasteiger partial charge in [0.2, 0.25) is 5.43 Å². The molecule has 9 heteroatoms. The third-order valence-electron chi connectivity index (χ3n) is 5.34. The van der Waals surface area contributed by atoms with E-state index in [-0.39, 0.29) is 31.0 Å². The molecule has 0 atom stereocenters. The van der Waals surface area contributed by atoms with Gasteiger partial charge in [0.15, 0.2) is 11.4 Å². The summed E-state index contributed by atoms with van der Waals surface area (Å²) in [5, 5.41) is 13.0. The van der Waals surface area contributed by atoms with Crippen molar-refractivity contribution in [3.05, 3.63) is 93.7 Å². The molecule has 0 unspecified atom stereocenters. The van der Waals surface area contributed by atoms with Crippen molar-refractivity contribution in [2.75, 3.05) is 19.7 Å². The lowest BCUT2D eigenvalue weighted by Crippen LogP contribution is -2.44. The van der Waals surface area contributed by atoms with E-state index >= 15 is 0 Å². The first-order valence-corrected chi connectivity index (χ1v) is 10.4. The Labute approximate surface area is 188 Å². The second-order valence-electron chi connectivity index (χ2n) is 7.53. The highest BCUT2D eigenvalue weighted by Crippen LogP contribution is 2.20. The Morgan fingerprint density at radius 2 is 1.79 bits per heavy atom. The Kier molecular flexibility index (Phi) is 6.39. The highest BCUT2D eigenvalue weighted by atomic mass is 19.1. The molecule has 0 aliphatic carbocycles. The van der Waals surface area contributed by atoms with Crippen molar-refractivity contribution in [1.29, 1.82) is 0 Å². The molecule has 3 aromatic rings. The molecule has 0 spiro atoms. The van der Waals surface area contributed by atoms with Crippen LogP contribution in [0.15, 0.2) is 65.6 Å². The van der Waals surface area contributed by atoms with Crippen molar-refractivity contribution in [2.45, 2.75) is 13.1 Å². The number of carbonyl (C=O) groups excluding carboxylic acids is 2. The number of carbonyl (C=O) groups is 2. The van der Waals surface area contributed by atoms with Crippen molar-refractivity contribution in [3.8, 4) is 11.5 Å². The number of rotatable bonds is 7. The Morgan fingerprint density at radius 1 is 1.06 bits per heavy atom. The van der Waals surface area contributed by atoms with Crippen molar-refractivity contribution < 1.29 is 23.8 Å². The largest absolute Gasteiger partial charge is 0.503 e. The Morgan fingerprint density at radius 3 is 2.52 bits per heavy atom.